The number of guanidine groups is 1. The molecule has 1 heterocycles. The summed E-state index contributed by atoms with van der Waals surface area (Å²) in [5.74, 6) is 0.296. The van der Waals surface area contributed by atoms with Crippen LogP contribution >= 0.6 is 24.0 Å². The van der Waals surface area contributed by atoms with Gasteiger partial charge in [0, 0.05) is 38.9 Å². The molecule has 0 spiro atoms. The van der Waals surface area contributed by atoms with Crippen molar-refractivity contribution in [1.82, 2.24) is 25.7 Å². The van der Waals surface area contributed by atoms with E-state index in [-0.39, 0.29) is 42.1 Å². The number of aliphatic imine (C=N–C) groups is 1. The largest absolute Gasteiger partial charge is 0.356 e. The van der Waals surface area contributed by atoms with E-state index >= 15 is 0 Å². The van der Waals surface area contributed by atoms with Crippen LogP contribution in [0.5, 0.6) is 0 Å². The van der Waals surface area contributed by atoms with E-state index in [1.807, 2.05) is 11.6 Å². The Morgan fingerprint density at radius 2 is 1.76 bits per heavy atom. The Hall–Kier alpha value is -2.17. The van der Waals surface area contributed by atoms with E-state index < -0.39 is 0 Å². The Balaban J connectivity index is 0.00000420. The first-order valence-electron chi connectivity index (χ1n) is 9.44. The number of aromatic nitrogens is 2. The van der Waals surface area contributed by atoms with E-state index in [1.165, 1.54) is 12.1 Å². The lowest BCUT2D eigenvalue weighted by molar-refractivity contribution is -0.120. The molecule has 9 heteroatoms. The first-order valence-corrected chi connectivity index (χ1v) is 9.44. The maximum absolute atomic E-state index is 12.9. The Labute approximate surface area is 188 Å². The standard InChI is InChI=1S/C20H29FN6O.HI/c1-15-13-16(2)27(26-15)12-4-9-24-20(22-3)25-11-10-23-19(28)14-17-5-7-18(21)8-6-17;/h5-8,13H,4,9-12,14H2,1-3H3,(H,23,28)(H2,22,24,25);1H. The smallest absolute Gasteiger partial charge is 0.224 e. The minimum absolute atomic E-state index is 0. The van der Waals surface area contributed by atoms with Gasteiger partial charge in [0.1, 0.15) is 5.82 Å². The van der Waals surface area contributed by atoms with E-state index in [2.05, 4.69) is 39.0 Å². The molecular formula is C20H30FIN6O. The number of carbonyl (C=O) groups excluding carboxylic acids is 1. The third-order valence-electron chi connectivity index (χ3n) is 4.18. The number of nitrogens with one attached hydrogen (secondary N) is 3. The van der Waals surface area contributed by atoms with Gasteiger partial charge < -0.3 is 16.0 Å². The van der Waals surface area contributed by atoms with E-state index in [1.54, 1.807) is 19.2 Å². The van der Waals surface area contributed by atoms with Crippen molar-refractivity contribution in [3.8, 4) is 0 Å². The van der Waals surface area contributed by atoms with Crippen LogP contribution in [-0.4, -0.2) is 48.3 Å². The van der Waals surface area contributed by atoms with Gasteiger partial charge in [0.15, 0.2) is 5.96 Å². The number of benzene rings is 1. The second kappa shape index (κ2) is 13.1. The molecule has 3 N–H and O–H groups in total. The first kappa shape index (κ1) is 24.9. The average molecular weight is 516 g/mol. The van der Waals surface area contributed by atoms with Gasteiger partial charge in [-0.1, -0.05) is 12.1 Å². The highest BCUT2D eigenvalue weighted by Gasteiger charge is 2.04. The lowest BCUT2D eigenvalue weighted by atomic mass is 10.1. The molecule has 0 saturated carbocycles. The molecule has 0 bridgehead atoms. The van der Waals surface area contributed by atoms with Crippen LogP contribution in [0.15, 0.2) is 35.3 Å². The number of rotatable bonds is 9. The van der Waals surface area contributed by atoms with Crippen LogP contribution in [0.4, 0.5) is 4.39 Å². The molecule has 0 aliphatic heterocycles. The van der Waals surface area contributed by atoms with Gasteiger partial charge in [0.05, 0.1) is 12.1 Å². The summed E-state index contributed by atoms with van der Waals surface area (Å²) >= 11 is 0. The lowest BCUT2D eigenvalue weighted by Crippen LogP contribution is -2.42. The van der Waals surface area contributed by atoms with Crippen molar-refractivity contribution in [1.29, 1.82) is 0 Å². The van der Waals surface area contributed by atoms with Crippen LogP contribution in [0.1, 0.15) is 23.4 Å². The number of carbonyl (C=O) groups is 1. The maximum atomic E-state index is 12.9. The summed E-state index contributed by atoms with van der Waals surface area (Å²) in [6, 6.07) is 8.01. The number of hydrogen-bond donors (Lipinski definition) is 3. The zero-order chi connectivity index (χ0) is 20.4. The second-order valence-electron chi connectivity index (χ2n) is 6.58. The highest BCUT2D eigenvalue weighted by molar-refractivity contribution is 14.0. The maximum Gasteiger partial charge on any atom is 0.224 e. The van der Waals surface area contributed by atoms with Crippen LogP contribution < -0.4 is 16.0 Å². The monoisotopic (exact) mass is 516 g/mol. The van der Waals surface area contributed by atoms with E-state index in [0.29, 0.717) is 19.0 Å². The summed E-state index contributed by atoms with van der Waals surface area (Å²) in [6.45, 7) is 6.71. The summed E-state index contributed by atoms with van der Waals surface area (Å²) < 4.78 is 14.9. The molecule has 2 rings (SSSR count). The number of halogens is 2. The van der Waals surface area contributed by atoms with Gasteiger partial charge in [0.2, 0.25) is 5.91 Å². The van der Waals surface area contributed by atoms with Crippen molar-refractivity contribution in [2.75, 3.05) is 26.7 Å². The quantitative estimate of drug-likeness (QED) is 0.207. The molecule has 0 radical (unpaired) electrons. The third-order valence-corrected chi connectivity index (χ3v) is 4.18. The molecule has 29 heavy (non-hydrogen) atoms. The fourth-order valence-electron chi connectivity index (χ4n) is 2.79. The van der Waals surface area contributed by atoms with Crippen LogP contribution in [0.25, 0.3) is 0 Å². The summed E-state index contributed by atoms with van der Waals surface area (Å²) in [5, 5.41) is 13.7. The summed E-state index contributed by atoms with van der Waals surface area (Å²) in [7, 11) is 1.71. The van der Waals surface area contributed by atoms with Crippen molar-refractivity contribution < 1.29 is 9.18 Å². The fraction of sp³-hybridized carbons (Fsp3) is 0.450. The molecule has 0 fully saturated rings. The van der Waals surface area contributed by atoms with Crippen LogP contribution in [0.3, 0.4) is 0 Å². The Kier molecular flexibility index (Phi) is 11.3. The van der Waals surface area contributed by atoms with Gasteiger partial charge in [-0.05, 0) is 44.0 Å². The predicted molar refractivity (Wildman–Crippen MR) is 124 cm³/mol. The van der Waals surface area contributed by atoms with Gasteiger partial charge in [0.25, 0.3) is 0 Å². The molecule has 0 saturated heterocycles. The van der Waals surface area contributed by atoms with Crippen molar-refractivity contribution in [3.63, 3.8) is 0 Å². The fourth-order valence-corrected chi connectivity index (χ4v) is 2.79. The SMILES string of the molecule is CN=C(NCCCn1nc(C)cc1C)NCCNC(=O)Cc1ccc(F)cc1.I. The Morgan fingerprint density at radius 1 is 1.10 bits per heavy atom. The van der Waals surface area contributed by atoms with E-state index in [0.717, 1.165) is 36.5 Å². The molecule has 7 nitrogen and oxygen atoms in total. The van der Waals surface area contributed by atoms with Gasteiger partial charge in [-0.2, -0.15) is 5.10 Å². The minimum atomic E-state index is -0.304. The van der Waals surface area contributed by atoms with Crippen molar-refractivity contribution in [3.05, 3.63) is 53.1 Å². The Morgan fingerprint density at radius 3 is 2.38 bits per heavy atom. The predicted octanol–water partition coefficient (Wildman–Crippen LogP) is 2.17. The molecule has 1 aromatic carbocycles. The zero-order valence-electron chi connectivity index (χ0n) is 17.2. The molecule has 1 aromatic heterocycles. The highest BCUT2D eigenvalue weighted by atomic mass is 127. The Bertz CT molecular complexity index is 791. The molecule has 0 atom stereocenters. The van der Waals surface area contributed by atoms with Crippen molar-refractivity contribution in [2.45, 2.75) is 33.2 Å². The molecular weight excluding hydrogens is 486 g/mol. The van der Waals surface area contributed by atoms with Crippen LogP contribution in [0, 0.1) is 19.7 Å². The number of aryl methyl sites for hydroxylation is 3. The van der Waals surface area contributed by atoms with Gasteiger partial charge in [-0.25, -0.2) is 4.39 Å². The molecule has 0 aliphatic carbocycles. The number of amides is 1. The highest BCUT2D eigenvalue weighted by Crippen LogP contribution is 2.03. The van der Waals surface area contributed by atoms with Crippen LogP contribution in [-0.2, 0) is 17.8 Å². The topological polar surface area (TPSA) is 83.3 Å². The molecule has 2 aromatic rings. The molecule has 0 unspecified atom stereocenters. The van der Waals surface area contributed by atoms with E-state index in [9.17, 15) is 9.18 Å². The minimum Gasteiger partial charge on any atom is -0.356 e. The molecule has 160 valence electrons. The summed E-state index contributed by atoms with van der Waals surface area (Å²) in [5.41, 5.74) is 2.98. The van der Waals surface area contributed by atoms with E-state index in [4.69, 9.17) is 0 Å². The number of hydrogen-bond acceptors (Lipinski definition) is 3. The zero-order valence-corrected chi connectivity index (χ0v) is 19.5. The molecule has 1 amide bonds. The average Bonchev–Trinajstić information content (AvgIpc) is 2.99. The van der Waals surface area contributed by atoms with Gasteiger partial charge in [-0.3, -0.25) is 14.5 Å². The lowest BCUT2D eigenvalue weighted by Gasteiger charge is -2.12. The summed E-state index contributed by atoms with van der Waals surface area (Å²) in [4.78, 5) is 16.1. The van der Waals surface area contributed by atoms with Crippen molar-refractivity contribution >= 4 is 35.8 Å². The third kappa shape index (κ3) is 9.25. The van der Waals surface area contributed by atoms with Gasteiger partial charge in [-0.15, -0.1) is 24.0 Å². The van der Waals surface area contributed by atoms with Crippen molar-refractivity contribution in [2.24, 2.45) is 4.99 Å². The molecule has 0 aliphatic rings. The second-order valence-corrected chi connectivity index (χ2v) is 6.58. The van der Waals surface area contributed by atoms with Gasteiger partial charge >= 0.3 is 0 Å². The summed E-state index contributed by atoms with van der Waals surface area (Å²) in [6.07, 6.45) is 1.16. The number of nitrogens with zero attached hydrogens (tertiary/aromatic N) is 3. The first-order chi connectivity index (χ1) is 13.5. The normalized spacial score (nSPS) is 11.0. The van der Waals surface area contributed by atoms with Crippen LogP contribution in [0.2, 0.25) is 0 Å².